The molecule has 3 rings (SSSR count). The summed E-state index contributed by atoms with van der Waals surface area (Å²) in [6, 6.07) is 21.8. The van der Waals surface area contributed by atoms with Gasteiger partial charge in [0.15, 0.2) is 0 Å². The van der Waals surface area contributed by atoms with Crippen LogP contribution in [0.5, 0.6) is 11.5 Å². The highest BCUT2D eigenvalue weighted by molar-refractivity contribution is 5.86. The van der Waals surface area contributed by atoms with Crippen LogP contribution in [0.3, 0.4) is 0 Å². The molecule has 0 aliphatic heterocycles. The van der Waals surface area contributed by atoms with Gasteiger partial charge < -0.3 is 14.8 Å². The largest absolute Gasteiger partial charge is 0.497 e. The highest BCUT2D eigenvalue weighted by Crippen LogP contribution is 2.20. The number of nitrogens with one attached hydrogen (secondary N) is 1. The molecule has 0 spiro atoms. The van der Waals surface area contributed by atoms with Crippen LogP contribution in [0, 0.1) is 0 Å². The van der Waals surface area contributed by atoms with Crippen molar-refractivity contribution in [1.29, 1.82) is 0 Å². The van der Waals surface area contributed by atoms with Gasteiger partial charge in [0.25, 0.3) is 0 Å². The summed E-state index contributed by atoms with van der Waals surface area (Å²) < 4.78 is 10.8. The maximum Gasteiger partial charge on any atom is 0.220 e. The number of hydrogen-bond donors (Lipinski definition) is 1. The maximum atomic E-state index is 12.3. The zero-order valence-corrected chi connectivity index (χ0v) is 15.8. The maximum absolute atomic E-state index is 12.3. The molecule has 0 fully saturated rings. The molecule has 3 aromatic rings. The standard InChI is InChI=1S/C23H25NO3/c1-17(16-27-21-13-11-20(26-2)12-14-21)24-23(25)15-10-19-8-5-7-18-6-3-4-9-22(18)19/h3-9,11-14,17H,10,15-16H2,1-2H3,(H,24,25)/t17-/m0/s1. The molecule has 0 radical (unpaired) electrons. The number of benzene rings is 3. The number of rotatable bonds is 8. The molecular weight excluding hydrogens is 338 g/mol. The Balaban J connectivity index is 1.46. The van der Waals surface area contributed by atoms with Crippen LogP contribution >= 0.6 is 0 Å². The van der Waals surface area contributed by atoms with E-state index < -0.39 is 0 Å². The molecule has 1 amide bonds. The van der Waals surface area contributed by atoms with E-state index in [1.165, 1.54) is 16.3 Å². The van der Waals surface area contributed by atoms with E-state index in [0.29, 0.717) is 13.0 Å². The minimum absolute atomic E-state index is 0.0359. The predicted octanol–water partition coefficient (Wildman–Crippen LogP) is 4.36. The molecule has 1 atom stereocenters. The Labute approximate surface area is 160 Å². The molecule has 1 N–H and O–H groups in total. The highest BCUT2D eigenvalue weighted by Gasteiger charge is 2.09. The van der Waals surface area contributed by atoms with Gasteiger partial charge in [-0.15, -0.1) is 0 Å². The lowest BCUT2D eigenvalue weighted by Gasteiger charge is -2.15. The Morgan fingerprint density at radius 2 is 1.67 bits per heavy atom. The summed E-state index contributed by atoms with van der Waals surface area (Å²) >= 11 is 0. The highest BCUT2D eigenvalue weighted by atomic mass is 16.5. The van der Waals surface area contributed by atoms with Gasteiger partial charge in [-0.05, 0) is 53.9 Å². The lowest BCUT2D eigenvalue weighted by atomic mass is 10.0. The predicted molar refractivity (Wildman–Crippen MR) is 108 cm³/mol. The summed E-state index contributed by atoms with van der Waals surface area (Å²) in [4.78, 5) is 12.3. The molecule has 3 aromatic carbocycles. The number of carbonyl (C=O) groups excluding carboxylic acids is 1. The topological polar surface area (TPSA) is 47.6 Å². The molecule has 0 saturated carbocycles. The summed E-state index contributed by atoms with van der Waals surface area (Å²) in [7, 11) is 1.63. The van der Waals surface area contributed by atoms with Crippen LogP contribution in [0.2, 0.25) is 0 Å². The van der Waals surface area contributed by atoms with Crippen LogP contribution in [-0.4, -0.2) is 25.7 Å². The van der Waals surface area contributed by atoms with Crippen molar-refractivity contribution < 1.29 is 14.3 Å². The van der Waals surface area contributed by atoms with Crippen molar-refractivity contribution in [3.8, 4) is 11.5 Å². The van der Waals surface area contributed by atoms with E-state index in [2.05, 4.69) is 29.6 Å². The number of hydrogen-bond acceptors (Lipinski definition) is 3. The van der Waals surface area contributed by atoms with Crippen LogP contribution in [0.25, 0.3) is 10.8 Å². The molecule has 0 heterocycles. The average Bonchev–Trinajstić information content (AvgIpc) is 2.71. The van der Waals surface area contributed by atoms with Gasteiger partial charge in [0.2, 0.25) is 5.91 Å². The normalized spacial score (nSPS) is 11.8. The molecule has 0 bridgehead atoms. The monoisotopic (exact) mass is 363 g/mol. The van der Waals surface area contributed by atoms with Gasteiger partial charge in [-0.3, -0.25) is 4.79 Å². The van der Waals surface area contributed by atoms with E-state index >= 15 is 0 Å². The first-order valence-electron chi connectivity index (χ1n) is 9.18. The number of ether oxygens (including phenoxy) is 2. The summed E-state index contributed by atoms with van der Waals surface area (Å²) in [5.41, 5.74) is 1.20. The van der Waals surface area contributed by atoms with Crippen molar-refractivity contribution in [2.24, 2.45) is 0 Å². The SMILES string of the molecule is COc1ccc(OC[C@H](C)NC(=O)CCc2cccc3ccccc23)cc1. The zero-order valence-electron chi connectivity index (χ0n) is 15.8. The molecule has 0 aliphatic rings. The average molecular weight is 363 g/mol. The Bertz CT molecular complexity index is 884. The fourth-order valence-electron chi connectivity index (χ4n) is 3.04. The van der Waals surface area contributed by atoms with Crippen molar-refractivity contribution in [2.45, 2.75) is 25.8 Å². The van der Waals surface area contributed by atoms with Gasteiger partial charge in [0.05, 0.1) is 13.2 Å². The number of amides is 1. The van der Waals surface area contributed by atoms with Crippen molar-refractivity contribution in [2.75, 3.05) is 13.7 Å². The molecular formula is C23H25NO3. The third-order valence-electron chi connectivity index (χ3n) is 4.47. The minimum Gasteiger partial charge on any atom is -0.497 e. The van der Waals surface area contributed by atoms with E-state index in [9.17, 15) is 4.79 Å². The van der Waals surface area contributed by atoms with Crippen molar-refractivity contribution in [1.82, 2.24) is 5.32 Å². The molecule has 4 nitrogen and oxygen atoms in total. The minimum atomic E-state index is -0.0629. The molecule has 4 heteroatoms. The first-order chi connectivity index (χ1) is 13.2. The number of carbonyl (C=O) groups is 1. The second-order valence-corrected chi connectivity index (χ2v) is 6.59. The van der Waals surface area contributed by atoms with Crippen molar-refractivity contribution >= 4 is 16.7 Å². The molecule has 27 heavy (non-hydrogen) atoms. The first kappa shape index (κ1) is 18.8. The van der Waals surface area contributed by atoms with E-state index in [-0.39, 0.29) is 11.9 Å². The van der Waals surface area contributed by atoms with E-state index in [4.69, 9.17) is 9.47 Å². The summed E-state index contributed by atoms with van der Waals surface area (Å²) in [6.07, 6.45) is 1.18. The summed E-state index contributed by atoms with van der Waals surface area (Å²) in [6.45, 7) is 2.37. The number of aryl methyl sites for hydroxylation is 1. The smallest absolute Gasteiger partial charge is 0.220 e. The Kier molecular flexibility index (Phi) is 6.31. The molecule has 0 aromatic heterocycles. The third-order valence-corrected chi connectivity index (χ3v) is 4.47. The van der Waals surface area contributed by atoms with E-state index in [1.807, 2.05) is 49.4 Å². The van der Waals surface area contributed by atoms with Crippen molar-refractivity contribution in [3.63, 3.8) is 0 Å². The van der Waals surface area contributed by atoms with Gasteiger partial charge in [-0.2, -0.15) is 0 Å². The summed E-state index contributed by atoms with van der Waals surface area (Å²) in [5, 5.41) is 5.42. The Morgan fingerprint density at radius 3 is 2.44 bits per heavy atom. The fraction of sp³-hybridized carbons (Fsp3) is 0.261. The fourth-order valence-corrected chi connectivity index (χ4v) is 3.04. The van der Waals surface area contributed by atoms with Gasteiger partial charge >= 0.3 is 0 Å². The second kappa shape index (κ2) is 9.08. The van der Waals surface area contributed by atoms with Crippen LogP contribution in [0.4, 0.5) is 0 Å². The zero-order chi connectivity index (χ0) is 19.1. The first-order valence-corrected chi connectivity index (χ1v) is 9.18. The van der Waals surface area contributed by atoms with Crippen LogP contribution in [0.1, 0.15) is 18.9 Å². The van der Waals surface area contributed by atoms with Crippen LogP contribution < -0.4 is 14.8 Å². The lowest BCUT2D eigenvalue weighted by molar-refractivity contribution is -0.121. The third kappa shape index (κ3) is 5.23. The van der Waals surface area contributed by atoms with Crippen LogP contribution in [-0.2, 0) is 11.2 Å². The molecule has 0 aliphatic carbocycles. The van der Waals surface area contributed by atoms with Gasteiger partial charge in [-0.1, -0.05) is 42.5 Å². The molecule has 0 unspecified atom stereocenters. The van der Waals surface area contributed by atoms with Gasteiger partial charge in [-0.25, -0.2) is 0 Å². The molecule has 140 valence electrons. The Morgan fingerprint density at radius 1 is 0.963 bits per heavy atom. The molecule has 0 saturated heterocycles. The quantitative estimate of drug-likeness (QED) is 0.647. The number of fused-ring (bicyclic) bond motifs is 1. The van der Waals surface area contributed by atoms with E-state index in [0.717, 1.165) is 17.9 Å². The van der Waals surface area contributed by atoms with Gasteiger partial charge in [0, 0.05) is 6.42 Å². The van der Waals surface area contributed by atoms with Crippen molar-refractivity contribution in [3.05, 3.63) is 72.3 Å². The van der Waals surface area contributed by atoms with E-state index in [1.54, 1.807) is 7.11 Å². The van der Waals surface area contributed by atoms with Gasteiger partial charge in [0.1, 0.15) is 18.1 Å². The second-order valence-electron chi connectivity index (χ2n) is 6.59. The lowest BCUT2D eigenvalue weighted by Crippen LogP contribution is -2.36. The number of methoxy groups -OCH3 is 1. The Hall–Kier alpha value is -3.01. The summed E-state index contributed by atoms with van der Waals surface area (Å²) in [5.74, 6) is 1.58. The van der Waals surface area contributed by atoms with Crippen LogP contribution in [0.15, 0.2) is 66.7 Å².